The first-order valence-electron chi connectivity index (χ1n) is 8.81. The number of para-hydroxylation sites is 1. The molecule has 1 aliphatic rings. The SMILES string of the molecule is CC(C)CNCCCCCCN1CCCc2ccccc21. The van der Waals surface area contributed by atoms with Gasteiger partial charge in [-0.05, 0) is 56.3 Å². The van der Waals surface area contributed by atoms with Crippen molar-refractivity contribution in [2.75, 3.05) is 31.1 Å². The normalized spacial score (nSPS) is 14.5. The lowest BCUT2D eigenvalue weighted by molar-refractivity contribution is 0.524. The summed E-state index contributed by atoms with van der Waals surface area (Å²) in [6, 6.07) is 8.94. The number of nitrogens with one attached hydrogen (secondary N) is 1. The van der Waals surface area contributed by atoms with Gasteiger partial charge in [-0.2, -0.15) is 0 Å². The maximum atomic E-state index is 3.53. The van der Waals surface area contributed by atoms with Crippen molar-refractivity contribution in [3.8, 4) is 0 Å². The molecule has 0 atom stereocenters. The van der Waals surface area contributed by atoms with E-state index in [1.54, 1.807) is 5.56 Å². The van der Waals surface area contributed by atoms with Crippen LogP contribution < -0.4 is 10.2 Å². The van der Waals surface area contributed by atoms with Crippen molar-refractivity contribution < 1.29 is 0 Å². The van der Waals surface area contributed by atoms with Crippen molar-refractivity contribution in [2.24, 2.45) is 5.92 Å². The van der Waals surface area contributed by atoms with Crippen molar-refractivity contribution in [3.63, 3.8) is 0 Å². The minimum Gasteiger partial charge on any atom is -0.371 e. The highest BCUT2D eigenvalue weighted by molar-refractivity contribution is 5.55. The van der Waals surface area contributed by atoms with Crippen LogP contribution in [0.4, 0.5) is 5.69 Å². The lowest BCUT2D eigenvalue weighted by Crippen LogP contribution is -2.30. The fourth-order valence-electron chi connectivity index (χ4n) is 3.14. The highest BCUT2D eigenvalue weighted by atomic mass is 15.1. The van der Waals surface area contributed by atoms with E-state index in [4.69, 9.17) is 0 Å². The number of fused-ring (bicyclic) bond motifs is 1. The van der Waals surface area contributed by atoms with Gasteiger partial charge in [-0.1, -0.05) is 44.9 Å². The second-order valence-electron chi connectivity index (χ2n) is 6.73. The van der Waals surface area contributed by atoms with E-state index in [2.05, 4.69) is 48.3 Å². The van der Waals surface area contributed by atoms with E-state index < -0.39 is 0 Å². The predicted octanol–water partition coefficient (Wildman–Crippen LogP) is 4.25. The van der Waals surface area contributed by atoms with Crippen LogP contribution in [0.3, 0.4) is 0 Å². The van der Waals surface area contributed by atoms with Gasteiger partial charge in [0.15, 0.2) is 0 Å². The molecule has 0 fully saturated rings. The lowest BCUT2D eigenvalue weighted by atomic mass is 10.0. The number of hydrogen-bond acceptors (Lipinski definition) is 2. The predicted molar refractivity (Wildman–Crippen MR) is 93.2 cm³/mol. The van der Waals surface area contributed by atoms with Gasteiger partial charge in [0.1, 0.15) is 0 Å². The number of nitrogens with zero attached hydrogens (tertiary/aromatic N) is 1. The van der Waals surface area contributed by atoms with Crippen LogP contribution in [0.1, 0.15) is 51.5 Å². The van der Waals surface area contributed by atoms with Crippen LogP contribution in [0.25, 0.3) is 0 Å². The van der Waals surface area contributed by atoms with Crippen LogP contribution in [0.2, 0.25) is 0 Å². The van der Waals surface area contributed by atoms with Gasteiger partial charge in [0.2, 0.25) is 0 Å². The molecule has 21 heavy (non-hydrogen) atoms. The van der Waals surface area contributed by atoms with E-state index in [1.165, 1.54) is 63.8 Å². The van der Waals surface area contributed by atoms with Crippen LogP contribution in [0.5, 0.6) is 0 Å². The molecule has 0 radical (unpaired) electrons. The molecule has 1 heterocycles. The summed E-state index contributed by atoms with van der Waals surface area (Å²) in [5.74, 6) is 0.768. The van der Waals surface area contributed by atoms with Crippen LogP contribution in [0.15, 0.2) is 24.3 Å². The molecule has 0 bridgehead atoms. The molecule has 0 aliphatic carbocycles. The molecule has 1 aromatic rings. The Balaban J connectivity index is 1.58. The number of rotatable bonds is 9. The Bertz CT molecular complexity index is 400. The van der Waals surface area contributed by atoms with Crippen molar-refractivity contribution in [3.05, 3.63) is 29.8 Å². The van der Waals surface area contributed by atoms with Crippen molar-refractivity contribution in [1.82, 2.24) is 5.32 Å². The van der Waals surface area contributed by atoms with Crippen LogP contribution in [-0.4, -0.2) is 26.2 Å². The number of aryl methyl sites for hydroxylation is 1. The van der Waals surface area contributed by atoms with E-state index in [1.807, 2.05) is 0 Å². The van der Waals surface area contributed by atoms with Gasteiger partial charge >= 0.3 is 0 Å². The van der Waals surface area contributed by atoms with E-state index in [0.717, 1.165) is 12.5 Å². The smallest absolute Gasteiger partial charge is 0.0398 e. The van der Waals surface area contributed by atoms with E-state index in [0.29, 0.717) is 0 Å². The standard InChI is InChI=1S/C19H32N2/c1-17(2)16-20-13-7-3-4-8-14-21-15-9-11-18-10-5-6-12-19(18)21/h5-6,10,12,17,20H,3-4,7-9,11,13-16H2,1-2H3. The summed E-state index contributed by atoms with van der Waals surface area (Å²) < 4.78 is 0. The summed E-state index contributed by atoms with van der Waals surface area (Å²) in [7, 11) is 0. The molecule has 2 rings (SSSR count). The molecule has 2 nitrogen and oxygen atoms in total. The van der Waals surface area contributed by atoms with Crippen LogP contribution in [0, 0.1) is 5.92 Å². The molecule has 1 aromatic carbocycles. The fourth-order valence-corrected chi connectivity index (χ4v) is 3.14. The molecule has 1 N–H and O–H groups in total. The Morgan fingerprint density at radius 2 is 1.90 bits per heavy atom. The number of benzene rings is 1. The van der Waals surface area contributed by atoms with E-state index in [-0.39, 0.29) is 0 Å². The first kappa shape index (κ1) is 16.4. The van der Waals surface area contributed by atoms with Gasteiger partial charge in [0, 0.05) is 18.8 Å². The quantitative estimate of drug-likeness (QED) is 0.684. The summed E-state index contributed by atoms with van der Waals surface area (Å²) >= 11 is 0. The van der Waals surface area contributed by atoms with Gasteiger partial charge in [-0.15, -0.1) is 0 Å². The Morgan fingerprint density at radius 1 is 1.10 bits per heavy atom. The summed E-state index contributed by atoms with van der Waals surface area (Å²) in [5, 5.41) is 3.53. The van der Waals surface area contributed by atoms with Crippen molar-refractivity contribution >= 4 is 5.69 Å². The Hall–Kier alpha value is -1.02. The zero-order valence-corrected chi connectivity index (χ0v) is 13.9. The molecule has 0 unspecified atom stereocenters. The van der Waals surface area contributed by atoms with Gasteiger partial charge in [0.05, 0.1) is 0 Å². The maximum absolute atomic E-state index is 3.53. The second kappa shape index (κ2) is 9.09. The van der Waals surface area contributed by atoms with Gasteiger partial charge in [-0.25, -0.2) is 0 Å². The third-order valence-electron chi connectivity index (χ3n) is 4.29. The van der Waals surface area contributed by atoms with Crippen molar-refractivity contribution in [1.29, 1.82) is 0 Å². The summed E-state index contributed by atoms with van der Waals surface area (Å²) in [4.78, 5) is 2.59. The first-order valence-corrected chi connectivity index (χ1v) is 8.81. The zero-order valence-electron chi connectivity index (χ0n) is 13.9. The van der Waals surface area contributed by atoms with Crippen LogP contribution in [-0.2, 0) is 6.42 Å². The number of unbranched alkanes of at least 4 members (excludes halogenated alkanes) is 3. The third-order valence-corrected chi connectivity index (χ3v) is 4.29. The average molecular weight is 288 g/mol. The molecule has 0 spiro atoms. The van der Waals surface area contributed by atoms with Gasteiger partial charge in [0.25, 0.3) is 0 Å². The average Bonchev–Trinajstić information content (AvgIpc) is 2.50. The molecule has 118 valence electrons. The maximum Gasteiger partial charge on any atom is 0.0398 e. The van der Waals surface area contributed by atoms with Crippen molar-refractivity contribution in [2.45, 2.75) is 52.4 Å². The molecule has 1 aliphatic heterocycles. The number of hydrogen-bond donors (Lipinski definition) is 1. The Labute approximate surface area is 130 Å². The minimum absolute atomic E-state index is 0.768. The highest BCUT2D eigenvalue weighted by Gasteiger charge is 2.15. The minimum atomic E-state index is 0.768. The molecular weight excluding hydrogens is 256 g/mol. The zero-order chi connectivity index (χ0) is 14.9. The molecule has 0 aromatic heterocycles. The molecular formula is C19H32N2. The van der Waals surface area contributed by atoms with Gasteiger partial charge < -0.3 is 10.2 Å². The summed E-state index contributed by atoms with van der Waals surface area (Å²) in [6.07, 6.45) is 7.95. The van der Waals surface area contributed by atoms with Crippen LogP contribution >= 0.6 is 0 Å². The summed E-state index contributed by atoms with van der Waals surface area (Å²) in [5.41, 5.74) is 3.03. The molecule has 0 saturated carbocycles. The third kappa shape index (κ3) is 5.70. The second-order valence-corrected chi connectivity index (χ2v) is 6.73. The molecule has 0 saturated heterocycles. The fraction of sp³-hybridized carbons (Fsp3) is 0.684. The summed E-state index contributed by atoms with van der Waals surface area (Å²) in [6.45, 7) is 9.35. The molecule has 0 amide bonds. The van der Waals surface area contributed by atoms with E-state index >= 15 is 0 Å². The highest BCUT2D eigenvalue weighted by Crippen LogP contribution is 2.26. The molecule has 2 heteroatoms. The lowest BCUT2D eigenvalue weighted by Gasteiger charge is -2.31. The monoisotopic (exact) mass is 288 g/mol. The number of anilines is 1. The largest absolute Gasteiger partial charge is 0.371 e. The Kier molecular flexibility index (Phi) is 7.08. The van der Waals surface area contributed by atoms with Gasteiger partial charge in [-0.3, -0.25) is 0 Å². The first-order chi connectivity index (χ1) is 10.3. The van der Waals surface area contributed by atoms with E-state index in [9.17, 15) is 0 Å². The Morgan fingerprint density at radius 3 is 2.76 bits per heavy atom. The topological polar surface area (TPSA) is 15.3 Å².